The lowest BCUT2D eigenvalue weighted by Gasteiger charge is -2.19. The first-order valence-corrected chi connectivity index (χ1v) is 5.77. The Morgan fingerprint density at radius 1 is 0.941 bits per heavy atom. The standard InChI is InChI=1S/C15H17NO/c1-15(2,3)13-9-12(10-14(17)16-13)11-7-5-4-6-8-11/h4-10H,1-3H3,(H,16,17). The Bertz CT molecular complexity index is 561. The average Bonchev–Trinajstić information content (AvgIpc) is 2.28. The van der Waals surface area contributed by atoms with Crippen molar-refractivity contribution in [2.45, 2.75) is 26.2 Å². The Morgan fingerprint density at radius 3 is 2.18 bits per heavy atom. The van der Waals surface area contributed by atoms with Crippen LogP contribution in [0.5, 0.6) is 0 Å². The van der Waals surface area contributed by atoms with Crippen molar-refractivity contribution >= 4 is 0 Å². The lowest BCUT2D eigenvalue weighted by molar-refractivity contribution is 0.567. The van der Waals surface area contributed by atoms with Gasteiger partial charge in [0.15, 0.2) is 0 Å². The SMILES string of the molecule is CC(C)(C)c1cc(-c2ccccc2)cc(=O)[nH]1. The zero-order chi connectivity index (χ0) is 12.5. The molecule has 1 aromatic carbocycles. The molecule has 1 aromatic heterocycles. The van der Waals surface area contributed by atoms with Crippen molar-refractivity contribution in [3.8, 4) is 11.1 Å². The number of H-pyrrole nitrogens is 1. The van der Waals surface area contributed by atoms with E-state index in [4.69, 9.17) is 0 Å². The monoisotopic (exact) mass is 227 g/mol. The Hall–Kier alpha value is -1.83. The van der Waals surface area contributed by atoms with E-state index in [1.165, 1.54) is 0 Å². The van der Waals surface area contributed by atoms with Crippen molar-refractivity contribution in [3.05, 3.63) is 58.5 Å². The van der Waals surface area contributed by atoms with Crippen LogP contribution in [-0.4, -0.2) is 4.98 Å². The molecule has 0 aliphatic rings. The number of hydrogen-bond acceptors (Lipinski definition) is 1. The topological polar surface area (TPSA) is 32.9 Å². The molecule has 0 saturated heterocycles. The van der Waals surface area contributed by atoms with Gasteiger partial charge in [-0.25, -0.2) is 0 Å². The minimum Gasteiger partial charge on any atom is -0.326 e. The van der Waals surface area contributed by atoms with E-state index in [0.29, 0.717) is 0 Å². The molecule has 0 fully saturated rings. The molecule has 0 amide bonds. The third-order valence-electron chi connectivity index (χ3n) is 2.76. The third-order valence-corrected chi connectivity index (χ3v) is 2.76. The number of aromatic nitrogens is 1. The van der Waals surface area contributed by atoms with Crippen molar-refractivity contribution in [2.24, 2.45) is 0 Å². The number of nitrogens with one attached hydrogen (secondary N) is 1. The molecule has 0 bridgehead atoms. The Kier molecular flexibility index (Phi) is 2.88. The number of aromatic amines is 1. The number of benzene rings is 1. The molecule has 2 aromatic rings. The predicted octanol–water partition coefficient (Wildman–Crippen LogP) is 3.34. The molecule has 0 aliphatic heterocycles. The van der Waals surface area contributed by atoms with E-state index in [1.54, 1.807) is 6.07 Å². The summed E-state index contributed by atoms with van der Waals surface area (Å²) in [6, 6.07) is 13.7. The van der Waals surface area contributed by atoms with Gasteiger partial charge in [-0.1, -0.05) is 51.1 Å². The summed E-state index contributed by atoms with van der Waals surface area (Å²) in [6.45, 7) is 6.27. The minimum atomic E-state index is -0.0516. The maximum absolute atomic E-state index is 11.7. The fraction of sp³-hybridized carbons (Fsp3) is 0.267. The van der Waals surface area contributed by atoms with E-state index in [-0.39, 0.29) is 11.0 Å². The van der Waals surface area contributed by atoms with Gasteiger partial charge in [-0.3, -0.25) is 4.79 Å². The molecule has 2 nitrogen and oxygen atoms in total. The van der Waals surface area contributed by atoms with Crippen molar-refractivity contribution in [2.75, 3.05) is 0 Å². The molecule has 0 saturated carbocycles. The van der Waals surface area contributed by atoms with Gasteiger partial charge in [0.1, 0.15) is 0 Å². The molecule has 17 heavy (non-hydrogen) atoms. The Morgan fingerprint density at radius 2 is 1.59 bits per heavy atom. The van der Waals surface area contributed by atoms with Crippen LogP contribution >= 0.6 is 0 Å². The highest BCUT2D eigenvalue weighted by atomic mass is 16.1. The maximum Gasteiger partial charge on any atom is 0.248 e. The van der Waals surface area contributed by atoms with Crippen LogP contribution in [0.25, 0.3) is 11.1 Å². The summed E-state index contributed by atoms with van der Waals surface area (Å²) in [4.78, 5) is 14.6. The largest absolute Gasteiger partial charge is 0.326 e. The zero-order valence-electron chi connectivity index (χ0n) is 10.4. The van der Waals surface area contributed by atoms with Gasteiger partial charge in [0.25, 0.3) is 0 Å². The van der Waals surface area contributed by atoms with Crippen LogP contribution < -0.4 is 5.56 Å². The van der Waals surface area contributed by atoms with Gasteiger partial charge in [0.2, 0.25) is 5.56 Å². The molecule has 0 atom stereocenters. The van der Waals surface area contributed by atoms with Crippen molar-refractivity contribution < 1.29 is 0 Å². The van der Waals surface area contributed by atoms with E-state index < -0.39 is 0 Å². The second kappa shape index (κ2) is 4.21. The average molecular weight is 227 g/mol. The van der Waals surface area contributed by atoms with Gasteiger partial charge in [-0.05, 0) is 17.2 Å². The lowest BCUT2D eigenvalue weighted by Crippen LogP contribution is -2.19. The fourth-order valence-corrected chi connectivity index (χ4v) is 1.74. The summed E-state index contributed by atoms with van der Waals surface area (Å²) < 4.78 is 0. The molecule has 1 N–H and O–H groups in total. The highest BCUT2D eigenvalue weighted by Gasteiger charge is 2.15. The van der Waals surface area contributed by atoms with Gasteiger partial charge in [-0.2, -0.15) is 0 Å². The third kappa shape index (κ3) is 2.64. The Balaban J connectivity index is 2.58. The fourth-order valence-electron chi connectivity index (χ4n) is 1.74. The van der Waals surface area contributed by atoms with Crippen LogP contribution in [0.4, 0.5) is 0 Å². The maximum atomic E-state index is 11.7. The number of hydrogen-bond donors (Lipinski definition) is 1. The molecule has 0 aliphatic carbocycles. The van der Waals surface area contributed by atoms with E-state index >= 15 is 0 Å². The first kappa shape index (κ1) is 11.6. The van der Waals surface area contributed by atoms with Gasteiger partial charge in [-0.15, -0.1) is 0 Å². The minimum absolute atomic E-state index is 0.0451. The summed E-state index contributed by atoms with van der Waals surface area (Å²) in [6.07, 6.45) is 0. The second-order valence-electron chi connectivity index (χ2n) is 5.26. The molecule has 2 heteroatoms. The molecular formula is C15H17NO. The molecule has 0 spiro atoms. The predicted molar refractivity (Wildman–Crippen MR) is 71.2 cm³/mol. The van der Waals surface area contributed by atoms with E-state index in [0.717, 1.165) is 16.8 Å². The van der Waals surface area contributed by atoms with Gasteiger partial charge >= 0.3 is 0 Å². The van der Waals surface area contributed by atoms with Crippen LogP contribution in [0.3, 0.4) is 0 Å². The number of rotatable bonds is 1. The molecule has 1 heterocycles. The molecule has 0 unspecified atom stereocenters. The lowest BCUT2D eigenvalue weighted by atomic mass is 9.90. The second-order valence-corrected chi connectivity index (χ2v) is 5.26. The van der Waals surface area contributed by atoms with Gasteiger partial charge in [0, 0.05) is 17.2 Å². The van der Waals surface area contributed by atoms with Crippen LogP contribution in [0.2, 0.25) is 0 Å². The summed E-state index contributed by atoms with van der Waals surface area (Å²) in [5.74, 6) is 0. The summed E-state index contributed by atoms with van der Waals surface area (Å²) in [5.41, 5.74) is 2.91. The van der Waals surface area contributed by atoms with Crippen molar-refractivity contribution in [1.29, 1.82) is 0 Å². The highest BCUT2D eigenvalue weighted by Crippen LogP contribution is 2.24. The normalized spacial score (nSPS) is 11.5. The molecular weight excluding hydrogens is 210 g/mol. The number of pyridine rings is 1. The van der Waals surface area contributed by atoms with Gasteiger partial charge < -0.3 is 4.98 Å². The van der Waals surface area contributed by atoms with Gasteiger partial charge in [0.05, 0.1) is 0 Å². The summed E-state index contributed by atoms with van der Waals surface area (Å²) >= 11 is 0. The summed E-state index contributed by atoms with van der Waals surface area (Å²) in [5, 5.41) is 0. The first-order valence-electron chi connectivity index (χ1n) is 5.77. The van der Waals surface area contributed by atoms with Crippen LogP contribution in [0.15, 0.2) is 47.3 Å². The van der Waals surface area contributed by atoms with Crippen molar-refractivity contribution in [3.63, 3.8) is 0 Å². The van der Waals surface area contributed by atoms with Crippen LogP contribution in [-0.2, 0) is 5.41 Å². The van der Waals surface area contributed by atoms with E-state index in [1.807, 2.05) is 30.3 Å². The summed E-state index contributed by atoms with van der Waals surface area (Å²) in [7, 11) is 0. The molecule has 88 valence electrons. The zero-order valence-corrected chi connectivity index (χ0v) is 10.4. The van der Waals surface area contributed by atoms with E-state index in [9.17, 15) is 4.79 Å². The molecule has 2 rings (SSSR count). The smallest absolute Gasteiger partial charge is 0.248 e. The van der Waals surface area contributed by atoms with E-state index in [2.05, 4.69) is 31.8 Å². The van der Waals surface area contributed by atoms with Crippen molar-refractivity contribution in [1.82, 2.24) is 4.98 Å². The molecule has 0 radical (unpaired) electrons. The Labute approximate surface area is 101 Å². The highest BCUT2D eigenvalue weighted by molar-refractivity contribution is 5.63. The quantitative estimate of drug-likeness (QED) is 0.796. The van der Waals surface area contributed by atoms with Crippen LogP contribution in [0, 0.1) is 0 Å². The first-order chi connectivity index (χ1) is 7.97. The van der Waals surface area contributed by atoms with Crippen LogP contribution in [0.1, 0.15) is 26.5 Å².